The van der Waals surface area contributed by atoms with Crippen molar-refractivity contribution in [1.82, 2.24) is 4.90 Å². The summed E-state index contributed by atoms with van der Waals surface area (Å²) in [6, 6.07) is 13.7. The third kappa shape index (κ3) is 6.54. The van der Waals surface area contributed by atoms with Crippen LogP contribution in [0.25, 0.3) is 0 Å². The summed E-state index contributed by atoms with van der Waals surface area (Å²) in [5, 5.41) is 5.90. The number of nitrogens with one attached hydrogen (secondary N) is 2. The van der Waals surface area contributed by atoms with Crippen molar-refractivity contribution in [1.29, 1.82) is 0 Å². The zero-order chi connectivity index (χ0) is 22.2. The molecule has 1 heterocycles. The molecule has 7 heteroatoms. The van der Waals surface area contributed by atoms with Gasteiger partial charge >= 0.3 is 0 Å². The minimum absolute atomic E-state index is 0.123. The van der Waals surface area contributed by atoms with Crippen LogP contribution in [-0.2, 0) is 14.3 Å². The van der Waals surface area contributed by atoms with Crippen molar-refractivity contribution in [2.45, 2.75) is 20.8 Å². The topological polar surface area (TPSA) is 73.9 Å². The van der Waals surface area contributed by atoms with Crippen LogP contribution in [-0.4, -0.2) is 62.7 Å². The smallest absolute Gasteiger partial charge is 0.238 e. The van der Waals surface area contributed by atoms with Crippen molar-refractivity contribution in [3.05, 3.63) is 53.6 Å². The number of carbonyl (C=O) groups is 2. The summed E-state index contributed by atoms with van der Waals surface area (Å²) in [7, 11) is 0. The molecule has 0 saturated carbocycles. The van der Waals surface area contributed by atoms with Gasteiger partial charge < -0.3 is 20.3 Å². The van der Waals surface area contributed by atoms with Crippen molar-refractivity contribution in [3.63, 3.8) is 0 Å². The fourth-order valence-corrected chi connectivity index (χ4v) is 3.65. The number of hydrogen-bond acceptors (Lipinski definition) is 5. The van der Waals surface area contributed by atoms with E-state index in [1.54, 1.807) is 0 Å². The SMILES string of the molecule is CCN(CC(=O)Nc1ccc(N2CCOCC2)cc1)CC(=O)Nc1c(C)cccc1C. The van der Waals surface area contributed by atoms with Crippen molar-refractivity contribution in [2.24, 2.45) is 0 Å². The number of rotatable bonds is 8. The number of morpholine rings is 1. The molecule has 1 aliphatic heterocycles. The van der Waals surface area contributed by atoms with E-state index in [-0.39, 0.29) is 24.9 Å². The average molecular weight is 425 g/mol. The Kier molecular flexibility index (Phi) is 8.03. The Balaban J connectivity index is 1.50. The Morgan fingerprint density at radius 3 is 2.10 bits per heavy atom. The van der Waals surface area contributed by atoms with Crippen LogP contribution in [0, 0.1) is 13.8 Å². The molecule has 7 nitrogen and oxygen atoms in total. The summed E-state index contributed by atoms with van der Waals surface area (Å²) in [4.78, 5) is 29.1. The van der Waals surface area contributed by atoms with Gasteiger partial charge in [-0.1, -0.05) is 25.1 Å². The van der Waals surface area contributed by atoms with E-state index in [0.717, 1.165) is 54.5 Å². The molecule has 0 spiro atoms. The van der Waals surface area contributed by atoms with Crippen LogP contribution in [0.1, 0.15) is 18.1 Å². The lowest BCUT2D eigenvalue weighted by Crippen LogP contribution is -2.38. The lowest BCUT2D eigenvalue weighted by atomic mass is 10.1. The molecule has 3 rings (SSSR count). The number of para-hydroxylation sites is 1. The van der Waals surface area contributed by atoms with Gasteiger partial charge in [0.1, 0.15) is 0 Å². The third-order valence-electron chi connectivity index (χ3n) is 5.45. The molecule has 0 radical (unpaired) electrons. The fraction of sp³-hybridized carbons (Fsp3) is 0.417. The van der Waals surface area contributed by atoms with Gasteiger partial charge in [-0.2, -0.15) is 0 Å². The number of nitrogens with zero attached hydrogens (tertiary/aromatic N) is 2. The van der Waals surface area contributed by atoms with Gasteiger partial charge in [0.25, 0.3) is 0 Å². The van der Waals surface area contributed by atoms with Gasteiger partial charge in [-0.25, -0.2) is 0 Å². The van der Waals surface area contributed by atoms with Gasteiger partial charge in [-0.15, -0.1) is 0 Å². The highest BCUT2D eigenvalue weighted by molar-refractivity contribution is 5.95. The van der Waals surface area contributed by atoms with Crippen molar-refractivity contribution in [3.8, 4) is 0 Å². The van der Waals surface area contributed by atoms with E-state index in [1.807, 2.05) is 68.1 Å². The van der Waals surface area contributed by atoms with E-state index in [4.69, 9.17) is 4.74 Å². The Morgan fingerprint density at radius 2 is 1.52 bits per heavy atom. The molecule has 0 unspecified atom stereocenters. The maximum Gasteiger partial charge on any atom is 0.238 e. The van der Waals surface area contributed by atoms with Gasteiger partial charge in [0, 0.05) is 30.2 Å². The monoisotopic (exact) mass is 424 g/mol. The minimum Gasteiger partial charge on any atom is -0.378 e. The number of likely N-dealkylation sites (N-methyl/N-ethyl adjacent to an activating group) is 1. The van der Waals surface area contributed by atoms with Crippen LogP contribution in [0.15, 0.2) is 42.5 Å². The highest BCUT2D eigenvalue weighted by Crippen LogP contribution is 2.20. The number of ether oxygens (including phenoxy) is 1. The van der Waals surface area contributed by atoms with Crippen molar-refractivity contribution < 1.29 is 14.3 Å². The van der Waals surface area contributed by atoms with Crippen LogP contribution in [0.3, 0.4) is 0 Å². The van der Waals surface area contributed by atoms with Crippen LogP contribution in [0.5, 0.6) is 0 Å². The van der Waals surface area contributed by atoms with E-state index in [1.165, 1.54) is 0 Å². The second kappa shape index (κ2) is 10.9. The second-order valence-electron chi connectivity index (χ2n) is 7.81. The Morgan fingerprint density at radius 1 is 0.935 bits per heavy atom. The molecule has 166 valence electrons. The highest BCUT2D eigenvalue weighted by Gasteiger charge is 2.15. The van der Waals surface area contributed by atoms with Gasteiger partial charge in [-0.3, -0.25) is 14.5 Å². The highest BCUT2D eigenvalue weighted by atomic mass is 16.5. The van der Waals surface area contributed by atoms with Crippen LogP contribution in [0.4, 0.5) is 17.1 Å². The van der Waals surface area contributed by atoms with E-state index in [2.05, 4.69) is 15.5 Å². The Bertz CT molecular complexity index is 872. The fourth-order valence-electron chi connectivity index (χ4n) is 3.65. The first-order valence-corrected chi connectivity index (χ1v) is 10.8. The first-order chi connectivity index (χ1) is 15.0. The van der Waals surface area contributed by atoms with Crippen molar-refractivity contribution >= 4 is 28.9 Å². The van der Waals surface area contributed by atoms with Gasteiger partial charge in [-0.05, 0) is 55.8 Å². The second-order valence-corrected chi connectivity index (χ2v) is 7.81. The predicted octanol–water partition coefficient (Wildman–Crippen LogP) is 3.04. The molecule has 1 saturated heterocycles. The largest absolute Gasteiger partial charge is 0.378 e. The molecule has 0 aliphatic carbocycles. The van der Waals surface area contributed by atoms with Gasteiger partial charge in [0.05, 0.1) is 26.3 Å². The number of anilines is 3. The molecule has 2 amide bonds. The number of hydrogen-bond donors (Lipinski definition) is 2. The molecule has 1 fully saturated rings. The normalized spacial score (nSPS) is 13.9. The van der Waals surface area contributed by atoms with Crippen LogP contribution >= 0.6 is 0 Å². The summed E-state index contributed by atoms with van der Waals surface area (Å²) in [5.74, 6) is -0.261. The molecular formula is C24H32N4O3. The minimum atomic E-state index is -0.138. The Hall–Kier alpha value is -2.90. The first-order valence-electron chi connectivity index (χ1n) is 10.8. The molecular weight excluding hydrogens is 392 g/mol. The standard InChI is InChI=1S/C24H32N4O3/c1-4-27(17-23(30)26-24-18(2)6-5-7-19(24)3)16-22(29)25-20-8-10-21(11-9-20)28-12-14-31-15-13-28/h5-11H,4,12-17H2,1-3H3,(H,25,29)(H,26,30). The zero-order valence-electron chi connectivity index (χ0n) is 18.6. The molecule has 2 aromatic carbocycles. The van der Waals surface area contributed by atoms with E-state index >= 15 is 0 Å². The molecule has 2 aromatic rings. The predicted molar refractivity (Wildman–Crippen MR) is 125 cm³/mol. The lowest BCUT2D eigenvalue weighted by molar-refractivity contribution is -0.119. The van der Waals surface area contributed by atoms with Crippen molar-refractivity contribution in [2.75, 3.05) is 61.5 Å². The summed E-state index contributed by atoms with van der Waals surface area (Å²) in [6.07, 6.45) is 0. The van der Waals surface area contributed by atoms with E-state index < -0.39 is 0 Å². The van der Waals surface area contributed by atoms with E-state index in [9.17, 15) is 9.59 Å². The zero-order valence-corrected chi connectivity index (χ0v) is 18.6. The number of aryl methyl sites for hydroxylation is 2. The van der Waals surface area contributed by atoms with Gasteiger partial charge in [0.15, 0.2) is 0 Å². The van der Waals surface area contributed by atoms with E-state index in [0.29, 0.717) is 6.54 Å². The molecule has 0 bridgehead atoms. The Labute approximate surface area is 184 Å². The number of carbonyl (C=O) groups excluding carboxylic acids is 2. The molecule has 1 aliphatic rings. The lowest BCUT2D eigenvalue weighted by Gasteiger charge is -2.29. The molecule has 31 heavy (non-hydrogen) atoms. The molecule has 0 atom stereocenters. The van der Waals surface area contributed by atoms with Crippen LogP contribution < -0.4 is 15.5 Å². The third-order valence-corrected chi connectivity index (χ3v) is 5.45. The van der Waals surface area contributed by atoms with Crippen LogP contribution in [0.2, 0.25) is 0 Å². The molecule has 2 N–H and O–H groups in total. The quantitative estimate of drug-likeness (QED) is 0.681. The van der Waals surface area contributed by atoms with Gasteiger partial charge in [0.2, 0.25) is 11.8 Å². The maximum atomic E-state index is 12.5. The summed E-state index contributed by atoms with van der Waals surface area (Å²) in [6.45, 7) is 10.0. The maximum absolute atomic E-state index is 12.5. The molecule has 0 aromatic heterocycles. The summed E-state index contributed by atoms with van der Waals surface area (Å²) >= 11 is 0. The first kappa shape index (κ1) is 22.8. The summed E-state index contributed by atoms with van der Waals surface area (Å²) < 4.78 is 5.39. The number of benzene rings is 2. The summed E-state index contributed by atoms with van der Waals surface area (Å²) in [5.41, 5.74) is 4.76. The average Bonchev–Trinajstić information content (AvgIpc) is 2.77. The number of amides is 2.